The Morgan fingerprint density at radius 1 is 1.20 bits per heavy atom. The van der Waals surface area contributed by atoms with Crippen LogP contribution in [-0.2, 0) is 0 Å². The molecule has 1 unspecified atom stereocenters. The third kappa shape index (κ3) is 4.52. The summed E-state index contributed by atoms with van der Waals surface area (Å²) in [5.74, 6) is 1.74. The van der Waals surface area contributed by atoms with Crippen LogP contribution in [0.4, 0.5) is 0 Å². The van der Waals surface area contributed by atoms with E-state index in [1.165, 1.54) is 38.9 Å². The normalized spacial score (nSPS) is 22.2. The van der Waals surface area contributed by atoms with E-state index in [1.807, 2.05) is 0 Å². The quantitative estimate of drug-likeness (QED) is 0.752. The predicted octanol–water partition coefficient (Wildman–Crippen LogP) is 2.35. The van der Waals surface area contributed by atoms with Gasteiger partial charge in [-0.15, -0.1) is 0 Å². The Bertz CT molecular complexity index is 160. The summed E-state index contributed by atoms with van der Waals surface area (Å²) in [5, 5.41) is 3.30. The zero-order chi connectivity index (χ0) is 11.3. The molecular weight excluding hydrogens is 184 g/mol. The highest BCUT2D eigenvalue weighted by Crippen LogP contribution is 2.20. The molecule has 1 N–H and O–H groups in total. The van der Waals surface area contributed by atoms with Crippen molar-refractivity contribution in [2.75, 3.05) is 26.7 Å². The molecule has 1 heterocycles. The van der Waals surface area contributed by atoms with Crippen LogP contribution < -0.4 is 5.32 Å². The van der Waals surface area contributed by atoms with Gasteiger partial charge in [0.05, 0.1) is 0 Å². The molecule has 1 saturated heterocycles. The third-order valence-electron chi connectivity index (χ3n) is 3.58. The van der Waals surface area contributed by atoms with Crippen molar-refractivity contribution in [3.8, 4) is 0 Å². The lowest BCUT2D eigenvalue weighted by Crippen LogP contribution is -2.42. The highest BCUT2D eigenvalue weighted by atomic mass is 15.2. The van der Waals surface area contributed by atoms with Crippen molar-refractivity contribution in [1.29, 1.82) is 0 Å². The number of likely N-dealkylation sites (tertiary alicyclic amines) is 1. The van der Waals surface area contributed by atoms with Crippen molar-refractivity contribution in [2.24, 2.45) is 11.8 Å². The summed E-state index contributed by atoms with van der Waals surface area (Å²) in [6.45, 7) is 10.8. The SMILES string of the molecule is CNCC1CCN(C(C)CC(C)C)CC1. The van der Waals surface area contributed by atoms with E-state index >= 15 is 0 Å². The van der Waals surface area contributed by atoms with Gasteiger partial charge in [-0.2, -0.15) is 0 Å². The molecule has 0 aromatic rings. The second kappa shape index (κ2) is 6.49. The smallest absolute Gasteiger partial charge is 0.00693 e. The number of nitrogens with one attached hydrogen (secondary N) is 1. The molecular formula is C13H28N2. The maximum Gasteiger partial charge on any atom is 0.00693 e. The Balaban J connectivity index is 2.24. The van der Waals surface area contributed by atoms with Crippen LogP contribution in [0.2, 0.25) is 0 Å². The molecule has 1 atom stereocenters. The summed E-state index contributed by atoms with van der Waals surface area (Å²) in [4.78, 5) is 2.67. The van der Waals surface area contributed by atoms with Crippen molar-refractivity contribution in [3.05, 3.63) is 0 Å². The van der Waals surface area contributed by atoms with E-state index in [0.717, 1.165) is 17.9 Å². The standard InChI is InChI=1S/C13H28N2/c1-11(2)9-12(3)15-7-5-13(6-8-15)10-14-4/h11-14H,5-10H2,1-4H3. The molecule has 0 bridgehead atoms. The minimum atomic E-state index is 0.778. The van der Waals surface area contributed by atoms with Gasteiger partial charge in [-0.05, 0) is 64.7 Å². The molecule has 1 aliphatic rings. The van der Waals surface area contributed by atoms with Gasteiger partial charge in [0.15, 0.2) is 0 Å². The van der Waals surface area contributed by atoms with Crippen LogP contribution in [0, 0.1) is 11.8 Å². The van der Waals surface area contributed by atoms with Crippen LogP contribution in [0.5, 0.6) is 0 Å². The largest absolute Gasteiger partial charge is 0.319 e. The first-order chi connectivity index (χ1) is 7.13. The lowest BCUT2D eigenvalue weighted by atomic mass is 9.94. The first-order valence-electron chi connectivity index (χ1n) is 6.52. The summed E-state index contributed by atoms with van der Waals surface area (Å²) >= 11 is 0. The van der Waals surface area contributed by atoms with Gasteiger partial charge in [0.1, 0.15) is 0 Å². The summed E-state index contributed by atoms with van der Waals surface area (Å²) in [7, 11) is 2.06. The molecule has 0 aromatic carbocycles. The molecule has 1 rings (SSSR count). The first kappa shape index (κ1) is 13.0. The van der Waals surface area contributed by atoms with E-state index < -0.39 is 0 Å². The molecule has 0 aliphatic carbocycles. The third-order valence-corrected chi connectivity index (χ3v) is 3.58. The molecule has 2 nitrogen and oxygen atoms in total. The number of nitrogens with zero attached hydrogens (tertiary/aromatic N) is 1. The van der Waals surface area contributed by atoms with E-state index in [-0.39, 0.29) is 0 Å². The number of hydrogen-bond donors (Lipinski definition) is 1. The highest BCUT2D eigenvalue weighted by Gasteiger charge is 2.22. The fourth-order valence-electron chi connectivity index (χ4n) is 2.72. The second-order valence-corrected chi connectivity index (χ2v) is 5.52. The van der Waals surface area contributed by atoms with Crippen molar-refractivity contribution in [2.45, 2.75) is 46.1 Å². The molecule has 0 radical (unpaired) electrons. The second-order valence-electron chi connectivity index (χ2n) is 5.52. The van der Waals surface area contributed by atoms with Gasteiger partial charge in [0.25, 0.3) is 0 Å². The van der Waals surface area contributed by atoms with Gasteiger partial charge in [0, 0.05) is 6.04 Å². The Morgan fingerprint density at radius 2 is 1.80 bits per heavy atom. The molecule has 1 aliphatic heterocycles. The fraction of sp³-hybridized carbons (Fsp3) is 1.00. The lowest BCUT2D eigenvalue weighted by molar-refractivity contribution is 0.127. The van der Waals surface area contributed by atoms with Crippen LogP contribution in [0.15, 0.2) is 0 Å². The minimum absolute atomic E-state index is 0.778. The van der Waals surface area contributed by atoms with Gasteiger partial charge >= 0.3 is 0 Å². The summed E-state index contributed by atoms with van der Waals surface area (Å²) in [6, 6.07) is 0.778. The highest BCUT2D eigenvalue weighted by molar-refractivity contribution is 4.77. The van der Waals surface area contributed by atoms with Crippen molar-refractivity contribution >= 4 is 0 Å². The maximum absolute atomic E-state index is 3.30. The predicted molar refractivity (Wildman–Crippen MR) is 67.1 cm³/mol. The van der Waals surface area contributed by atoms with Crippen LogP contribution in [0.3, 0.4) is 0 Å². The fourth-order valence-corrected chi connectivity index (χ4v) is 2.72. The summed E-state index contributed by atoms with van der Waals surface area (Å²) in [6.07, 6.45) is 4.10. The molecule has 0 spiro atoms. The van der Waals surface area contributed by atoms with Gasteiger partial charge < -0.3 is 10.2 Å². The zero-order valence-corrected chi connectivity index (χ0v) is 10.9. The van der Waals surface area contributed by atoms with Gasteiger partial charge in [-0.1, -0.05) is 13.8 Å². The Hall–Kier alpha value is -0.0800. The van der Waals surface area contributed by atoms with Gasteiger partial charge in [-0.3, -0.25) is 0 Å². The molecule has 1 fully saturated rings. The van der Waals surface area contributed by atoms with E-state index in [1.54, 1.807) is 0 Å². The molecule has 90 valence electrons. The van der Waals surface area contributed by atoms with Crippen LogP contribution >= 0.6 is 0 Å². The van der Waals surface area contributed by atoms with Crippen molar-refractivity contribution in [1.82, 2.24) is 10.2 Å². The van der Waals surface area contributed by atoms with Crippen molar-refractivity contribution in [3.63, 3.8) is 0 Å². The molecule has 0 saturated carbocycles. The number of rotatable bonds is 5. The maximum atomic E-state index is 3.30. The van der Waals surface area contributed by atoms with Crippen LogP contribution in [0.1, 0.15) is 40.0 Å². The topological polar surface area (TPSA) is 15.3 Å². The monoisotopic (exact) mass is 212 g/mol. The van der Waals surface area contributed by atoms with Gasteiger partial charge in [-0.25, -0.2) is 0 Å². The van der Waals surface area contributed by atoms with Crippen molar-refractivity contribution < 1.29 is 0 Å². The Kier molecular flexibility index (Phi) is 5.62. The van der Waals surface area contributed by atoms with Gasteiger partial charge in [0.2, 0.25) is 0 Å². The number of hydrogen-bond acceptors (Lipinski definition) is 2. The van der Waals surface area contributed by atoms with E-state index in [9.17, 15) is 0 Å². The van der Waals surface area contributed by atoms with E-state index in [4.69, 9.17) is 0 Å². The average Bonchev–Trinajstić information content (AvgIpc) is 2.18. The Morgan fingerprint density at radius 3 is 2.27 bits per heavy atom. The number of piperidine rings is 1. The minimum Gasteiger partial charge on any atom is -0.319 e. The van der Waals surface area contributed by atoms with E-state index in [2.05, 4.69) is 38.0 Å². The summed E-state index contributed by atoms with van der Waals surface area (Å²) in [5.41, 5.74) is 0. The average molecular weight is 212 g/mol. The summed E-state index contributed by atoms with van der Waals surface area (Å²) < 4.78 is 0. The van der Waals surface area contributed by atoms with Crippen LogP contribution in [-0.4, -0.2) is 37.6 Å². The lowest BCUT2D eigenvalue weighted by Gasteiger charge is -2.36. The molecule has 0 amide bonds. The molecule has 15 heavy (non-hydrogen) atoms. The zero-order valence-electron chi connectivity index (χ0n) is 10.9. The van der Waals surface area contributed by atoms with E-state index in [0.29, 0.717) is 0 Å². The van der Waals surface area contributed by atoms with Crippen LogP contribution in [0.25, 0.3) is 0 Å². The molecule has 2 heteroatoms. The molecule has 0 aromatic heterocycles. The first-order valence-corrected chi connectivity index (χ1v) is 6.52. The Labute approximate surface area is 95.4 Å².